The van der Waals surface area contributed by atoms with Gasteiger partial charge in [-0.1, -0.05) is 0 Å². The first-order valence-corrected chi connectivity index (χ1v) is 14.9. The molecule has 2 aliphatic carbocycles. The smallest absolute Gasteiger partial charge is 0.428 e. The number of aliphatic carboxylic acids is 1. The van der Waals surface area contributed by atoms with Crippen LogP contribution in [0.5, 0.6) is 0 Å². The van der Waals surface area contributed by atoms with E-state index in [2.05, 4.69) is 4.98 Å². The molecule has 41 heavy (non-hydrogen) atoms. The number of carboxylic acid groups (broad SMARTS) is 1. The van der Waals surface area contributed by atoms with E-state index >= 15 is 0 Å². The van der Waals surface area contributed by atoms with Crippen LogP contribution < -0.4 is 0 Å². The molecule has 1 aliphatic heterocycles. The van der Waals surface area contributed by atoms with Crippen LogP contribution in [0.3, 0.4) is 0 Å². The lowest BCUT2D eigenvalue weighted by Gasteiger charge is -2.43. The van der Waals surface area contributed by atoms with Crippen molar-refractivity contribution in [3.8, 4) is 0 Å². The summed E-state index contributed by atoms with van der Waals surface area (Å²) in [6.45, 7) is 0.390. The minimum atomic E-state index is -5.25. The number of likely N-dealkylation sites (tertiary alicyclic amines) is 1. The number of alkyl halides is 4. The summed E-state index contributed by atoms with van der Waals surface area (Å²) < 4.78 is 95.8. The number of fused-ring (bicyclic) bond motifs is 3. The predicted molar refractivity (Wildman–Crippen MR) is 136 cm³/mol. The van der Waals surface area contributed by atoms with E-state index in [1.165, 1.54) is 4.90 Å². The number of hydrogen-bond acceptors (Lipinski definition) is 5. The number of carbonyl (C=O) groups excluding carboxylic acids is 1. The summed E-state index contributed by atoms with van der Waals surface area (Å²) in [5.74, 6) is -2.92. The second-order valence-electron chi connectivity index (χ2n) is 11.3. The zero-order valence-electron chi connectivity index (χ0n) is 22.1. The summed E-state index contributed by atoms with van der Waals surface area (Å²) in [7, 11) is -4.38. The van der Waals surface area contributed by atoms with Crippen molar-refractivity contribution in [3.63, 3.8) is 0 Å². The highest BCUT2D eigenvalue weighted by Crippen LogP contribution is 2.54. The average molecular weight is 601 g/mol. The van der Waals surface area contributed by atoms with Crippen LogP contribution in [0, 0.1) is 17.7 Å². The molecule has 1 amide bonds. The van der Waals surface area contributed by atoms with Gasteiger partial charge in [-0.15, -0.1) is 0 Å². The van der Waals surface area contributed by atoms with Crippen molar-refractivity contribution < 1.29 is 45.1 Å². The van der Waals surface area contributed by atoms with Gasteiger partial charge in [0.05, 0.1) is 22.5 Å². The number of pyridine rings is 1. The first-order chi connectivity index (χ1) is 19.1. The van der Waals surface area contributed by atoms with Crippen molar-refractivity contribution in [3.05, 3.63) is 59.2 Å². The molecular weight excluding hydrogens is 571 g/mol. The van der Waals surface area contributed by atoms with Gasteiger partial charge in [0.1, 0.15) is 10.6 Å². The maximum absolute atomic E-state index is 14.8. The molecule has 3 aliphatic rings. The van der Waals surface area contributed by atoms with Crippen LogP contribution in [0.2, 0.25) is 0 Å². The fraction of sp³-hybridized carbons (Fsp3) is 0.536. The number of carboxylic acids is 1. The Balaban J connectivity index is 1.59. The van der Waals surface area contributed by atoms with E-state index in [0.29, 0.717) is 32.6 Å². The molecule has 7 nitrogen and oxygen atoms in total. The highest BCUT2D eigenvalue weighted by atomic mass is 32.2. The van der Waals surface area contributed by atoms with Gasteiger partial charge in [-0.25, -0.2) is 17.2 Å². The minimum absolute atomic E-state index is 0.0351. The van der Waals surface area contributed by atoms with Crippen LogP contribution in [0.4, 0.5) is 22.0 Å². The molecule has 222 valence electrons. The summed E-state index contributed by atoms with van der Waals surface area (Å²) in [6, 6.07) is 4.24. The third kappa shape index (κ3) is 4.60. The summed E-state index contributed by atoms with van der Waals surface area (Å²) >= 11 is 0. The average Bonchev–Trinajstić information content (AvgIpc) is 3.34. The lowest BCUT2D eigenvalue weighted by Crippen LogP contribution is -2.53. The van der Waals surface area contributed by atoms with Crippen LogP contribution in [0.25, 0.3) is 0 Å². The fourth-order valence-corrected chi connectivity index (χ4v) is 9.06. The van der Waals surface area contributed by atoms with Gasteiger partial charge in [-0.05, 0) is 93.3 Å². The van der Waals surface area contributed by atoms with E-state index in [4.69, 9.17) is 0 Å². The Morgan fingerprint density at radius 2 is 1.63 bits per heavy atom. The number of hydrogen-bond donors (Lipinski definition) is 1. The van der Waals surface area contributed by atoms with E-state index in [-0.39, 0.29) is 47.7 Å². The van der Waals surface area contributed by atoms with E-state index in [1.807, 2.05) is 0 Å². The van der Waals surface area contributed by atoms with Crippen molar-refractivity contribution in [1.29, 1.82) is 0 Å². The molecule has 1 saturated carbocycles. The lowest BCUT2D eigenvalue weighted by molar-refractivity contribution is -0.230. The second kappa shape index (κ2) is 10.0. The molecule has 3 atom stereocenters. The number of aryl methyl sites for hydroxylation is 1. The molecule has 13 heteroatoms. The Hall–Kier alpha value is -3.09. The van der Waals surface area contributed by atoms with Gasteiger partial charge in [0.15, 0.2) is 9.84 Å². The fourth-order valence-electron chi connectivity index (χ4n) is 6.71. The molecule has 1 saturated heterocycles. The SMILES string of the molecule is CC(F)(c1cc2c(cn1)C1(S(=O)(=O)c3ccc(F)cc3)CCN(C(=O)C3CCC(C(=O)O)CC3)C1CC2)C(F)(F)F. The van der Waals surface area contributed by atoms with E-state index in [0.717, 1.165) is 36.5 Å². The van der Waals surface area contributed by atoms with Gasteiger partial charge in [-0.2, -0.15) is 13.2 Å². The van der Waals surface area contributed by atoms with Crippen LogP contribution in [0.1, 0.15) is 62.3 Å². The largest absolute Gasteiger partial charge is 0.481 e. The summed E-state index contributed by atoms with van der Waals surface area (Å²) in [5.41, 5.74) is -4.36. The first kappa shape index (κ1) is 29.4. The van der Waals surface area contributed by atoms with Gasteiger partial charge in [-0.3, -0.25) is 14.6 Å². The molecule has 2 heterocycles. The van der Waals surface area contributed by atoms with Gasteiger partial charge in [0.25, 0.3) is 0 Å². The zero-order chi connectivity index (χ0) is 30.0. The highest BCUT2D eigenvalue weighted by molar-refractivity contribution is 7.92. The quantitative estimate of drug-likeness (QED) is 0.380. The van der Waals surface area contributed by atoms with E-state index < -0.39 is 61.8 Å². The van der Waals surface area contributed by atoms with Crippen LogP contribution >= 0.6 is 0 Å². The third-order valence-corrected chi connectivity index (χ3v) is 11.6. The van der Waals surface area contributed by atoms with Crippen LogP contribution in [0.15, 0.2) is 41.4 Å². The predicted octanol–water partition coefficient (Wildman–Crippen LogP) is 5.08. The molecule has 2 aromatic rings. The Morgan fingerprint density at radius 3 is 2.22 bits per heavy atom. The van der Waals surface area contributed by atoms with Gasteiger partial charge < -0.3 is 10.0 Å². The molecule has 3 unspecified atom stereocenters. The monoisotopic (exact) mass is 600 g/mol. The molecule has 1 aromatic carbocycles. The third-order valence-electron chi connectivity index (χ3n) is 9.10. The lowest BCUT2D eigenvalue weighted by atomic mass is 9.78. The summed E-state index contributed by atoms with van der Waals surface area (Å²) in [6.07, 6.45) is -2.88. The maximum Gasteiger partial charge on any atom is 0.428 e. The number of sulfone groups is 1. The van der Waals surface area contributed by atoms with Gasteiger partial charge in [0.2, 0.25) is 11.6 Å². The normalized spacial score (nSPS) is 28.0. The number of rotatable bonds is 5. The molecule has 0 bridgehead atoms. The number of nitrogens with zero attached hydrogens (tertiary/aromatic N) is 2. The highest BCUT2D eigenvalue weighted by Gasteiger charge is 2.62. The summed E-state index contributed by atoms with van der Waals surface area (Å²) in [4.78, 5) is 30.1. The van der Waals surface area contributed by atoms with Crippen LogP contribution in [-0.4, -0.2) is 54.0 Å². The topological polar surface area (TPSA) is 105 Å². The Morgan fingerprint density at radius 1 is 1.02 bits per heavy atom. The molecule has 0 spiro atoms. The summed E-state index contributed by atoms with van der Waals surface area (Å²) in [5, 5.41) is 9.31. The molecule has 5 rings (SSSR count). The Bertz CT molecular complexity index is 1470. The molecule has 0 radical (unpaired) electrons. The number of halogens is 5. The van der Waals surface area contributed by atoms with Gasteiger partial charge >= 0.3 is 12.1 Å². The van der Waals surface area contributed by atoms with Crippen molar-refractivity contribution in [2.75, 3.05) is 6.54 Å². The number of aromatic nitrogens is 1. The molecule has 1 N–H and O–H groups in total. The number of benzene rings is 1. The van der Waals surface area contributed by atoms with Crippen molar-refractivity contribution in [2.45, 2.75) is 79.4 Å². The van der Waals surface area contributed by atoms with E-state index in [1.54, 1.807) is 0 Å². The van der Waals surface area contributed by atoms with Gasteiger partial charge in [0, 0.05) is 18.7 Å². The zero-order valence-corrected chi connectivity index (χ0v) is 22.9. The standard InChI is InChI=1S/C28H29F5N2O5S/c1-26(30,28(31,32)33)22-14-18-6-11-23-27(21(18)15-34-22,41(39,40)20-9-7-19(29)8-10-20)12-13-35(23)24(36)16-2-4-17(5-3-16)25(37)38/h7-10,14-17,23H,2-6,11-13H2,1H3,(H,37,38). The first-order valence-electron chi connectivity index (χ1n) is 13.4. The van der Waals surface area contributed by atoms with Crippen molar-refractivity contribution in [1.82, 2.24) is 9.88 Å². The molecule has 2 fully saturated rings. The second-order valence-corrected chi connectivity index (χ2v) is 13.5. The minimum Gasteiger partial charge on any atom is -0.481 e. The van der Waals surface area contributed by atoms with Crippen LogP contribution in [-0.2, 0) is 36.3 Å². The molecule has 1 aromatic heterocycles. The Kier molecular flexibility index (Phi) is 7.19. The number of amides is 1. The van der Waals surface area contributed by atoms with Crippen molar-refractivity contribution in [2.24, 2.45) is 11.8 Å². The molecular formula is C28H29F5N2O5S. The Labute approximate surface area is 233 Å². The van der Waals surface area contributed by atoms with E-state index in [9.17, 15) is 45.1 Å². The van der Waals surface area contributed by atoms with Crippen molar-refractivity contribution >= 4 is 21.7 Å². The maximum atomic E-state index is 14.8. The number of carbonyl (C=O) groups is 2.